The zero-order valence-corrected chi connectivity index (χ0v) is 16.4. The maximum absolute atomic E-state index is 13.2. The molecule has 0 bridgehead atoms. The highest BCUT2D eigenvalue weighted by molar-refractivity contribution is 8.00. The maximum Gasteiger partial charge on any atom is 0.416 e. The molecule has 1 aliphatic carbocycles. The molecule has 148 valence electrons. The fourth-order valence-corrected chi connectivity index (χ4v) is 5.32. The van der Waals surface area contributed by atoms with E-state index in [9.17, 15) is 13.2 Å². The van der Waals surface area contributed by atoms with Crippen LogP contribution in [-0.4, -0.2) is 12.3 Å². The molecule has 0 fully saturated rings. The molecule has 0 saturated carbocycles. The van der Waals surface area contributed by atoms with E-state index in [-0.39, 0.29) is 0 Å². The third-order valence-electron chi connectivity index (χ3n) is 5.18. The van der Waals surface area contributed by atoms with Gasteiger partial charge in [-0.25, -0.2) is 0 Å². The Morgan fingerprint density at radius 2 is 1.28 bits per heavy atom. The molecule has 2 N–H and O–H groups in total. The van der Waals surface area contributed by atoms with E-state index in [1.807, 2.05) is 36.4 Å². The molecule has 0 saturated heterocycles. The Hall–Kier alpha value is -2.50. The molecule has 5 heteroatoms. The highest BCUT2D eigenvalue weighted by atomic mass is 32.2. The van der Waals surface area contributed by atoms with Crippen LogP contribution in [0.4, 0.5) is 13.2 Å². The molecule has 1 aliphatic rings. The summed E-state index contributed by atoms with van der Waals surface area (Å²) in [5, 5.41) is 0. The summed E-state index contributed by atoms with van der Waals surface area (Å²) < 4.78 is 38.9. The average molecular weight is 411 g/mol. The number of alkyl halides is 3. The van der Waals surface area contributed by atoms with Crippen molar-refractivity contribution in [1.82, 2.24) is 0 Å². The zero-order chi connectivity index (χ0) is 20.5. The Balaban J connectivity index is 2.02. The van der Waals surface area contributed by atoms with Crippen LogP contribution >= 0.6 is 11.8 Å². The van der Waals surface area contributed by atoms with Gasteiger partial charge < -0.3 is 5.73 Å². The van der Waals surface area contributed by atoms with Crippen LogP contribution in [0.2, 0.25) is 0 Å². The van der Waals surface area contributed by atoms with E-state index in [0.717, 1.165) is 27.8 Å². The minimum absolute atomic E-state index is 0.477. The molecule has 4 rings (SSSR count). The van der Waals surface area contributed by atoms with E-state index in [1.54, 1.807) is 23.9 Å². The van der Waals surface area contributed by atoms with Gasteiger partial charge in [0.05, 0.1) is 10.3 Å². The lowest BCUT2D eigenvalue weighted by molar-refractivity contribution is -0.137. The number of fused-ring (bicyclic) bond motifs is 2. The fraction of sp³-hybridized carbons (Fsp3) is 0.167. The number of hydrogen-bond donors (Lipinski definition) is 1. The average Bonchev–Trinajstić information content (AvgIpc) is 2.87. The van der Waals surface area contributed by atoms with Crippen molar-refractivity contribution in [1.29, 1.82) is 0 Å². The Morgan fingerprint density at radius 3 is 1.76 bits per heavy atom. The second-order valence-electron chi connectivity index (χ2n) is 6.90. The van der Waals surface area contributed by atoms with Crippen LogP contribution in [0.3, 0.4) is 0 Å². The van der Waals surface area contributed by atoms with Crippen molar-refractivity contribution in [3.63, 3.8) is 0 Å². The van der Waals surface area contributed by atoms with E-state index < -0.39 is 16.5 Å². The normalized spacial score (nSPS) is 14.8. The van der Waals surface area contributed by atoms with Crippen molar-refractivity contribution >= 4 is 23.9 Å². The molecule has 3 aromatic rings. The fourth-order valence-electron chi connectivity index (χ4n) is 3.91. The summed E-state index contributed by atoms with van der Waals surface area (Å²) >= 11 is 1.66. The van der Waals surface area contributed by atoms with Gasteiger partial charge >= 0.3 is 6.18 Å². The van der Waals surface area contributed by atoms with Crippen molar-refractivity contribution in [2.45, 2.75) is 10.9 Å². The minimum Gasteiger partial charge on any atom is -0.330 e. The van der Waals surface area contributed by atoms with Crippen LogP contribution in [0.25, 0.3) is 12.2 Å². The summed E-state index contributed by atoms with van der Waals surface area (Å²) in [6.07, 6.45) is -0.219. The second-order valence-corrected chi connectivity index (χ2v) is 8.21. The molecule has 0 aromatic heterocycles. The zero-order valence-electron chi connectivity index (χ0n) is 15.6. The molecular formula is C24H20F3NS. The molecule has 1 nitrogen and oxygen atoms in total. The van der Waals surface area contributed by atoms with Crippen molar-refractivity contribution in [3.05, 3.63) is 106 Å². The third-order valence-corrected chi connectivity index (χ3v) is 6.73. The molecule has 0 amide bonds. The molecule has 0 radical (unpaired) electrons. The molecule has 0 heterocycles. The quantitative estimate of drug-likeness (QED) is 0.555. The molecule has 3 aromatic carbocycles. The molecule has 0 spiro atoms. The highest BCUT2D eigenvalue weighted by Gasteiger charge is 2.41. The number of nitrogens with two attached hydrogens (primary N) is 1. The van der Waals surface area contributed by atoms with E-state index in [2.05, 4.69) is 24.3 Å². The number of thioether (sulfide) groups is 1. The number of halogens is 3. The van der Waals surface area contributed by atoms with Crippen LogP contribution < -0.4 is 5.73 Å². The lowest BCUT2D eigenvalue weighted by Crippen LogP contribution is -2.28. The van der Waals surface area contributed by atoms with E-state index >= 15 is 0 Å². The van der Waals surface area contributed by atoms with Crippen LogP contribution in [0.1, 0.15) is 33.4 Å². The van der Waals surface area contributed by atoms with Gasteiger partial charge in [0.15, 0.2) is 0 Å². The van der Waals surface area contributed by atoms with Gasteiger partial charge in [-0.2, -0.15) is 13.2 Å². The largest absolute Gasteiger partial charge is 0.416 e. The lowest BCUT2D eigenvalue weighted by Gasteiger charge is -2.37. The smallest absolute Gasteiger partial charge is 0.330 e. The Kier molecular flexibility index (Phi) is 5.28. The number of hydrogen-bond acceptors (Lipinski definition) is 2. The van der Waals surface area contributed by atoms with Gasteiger partial charge in [-0.1, -0.05) is 72.8 Å². The summed E-state index contributed by atoms with van der Waals surface area (Å²) in [6, 6.07) is 21.6. The molecule has 0 aliphatic heterocycles. The van der Waals surface area contributed by atoms with Gasteiger partial charge in [-0.05, 0) is 39.9 Å². The molecular weight excluding hydrogens is 391 g/mol. The minimum atomic E-state index is -4.36. The number of rotatable bonds is 4. The summed E-state index contributed by atoms with van der Waals surface area (Å²) in [5.74, 6) is 0.670. The first-order valence-electron chi connectivity index (χ1n) is 9.35. The Morgan fingerprint density at radius 1 is 0.759 bits per heavy atom. The van der Waals surface area contributed by atoms with Crippen molar-refractivity contribution in [2.75, 3.05) is 12.3 Å². The summed E-state index contributed by atoms with van der Waals surface area (Å²) in [6.45, 7) is 0.477. The first kappa shape index (κ1) is 19.8. The van der Waals surface area contributed by atoms with Gasteiger partial charge in [0, 0.05) is 12.3 Å². The Bertz CT molecular complexity index is 989. The SMILES string of the molecule is NCCSC1(c2ccc(C(F)(F)F)cc2)c2ccccc2C=Cc2ccccc21. The van der Waals surface area contributed by atoms with Gasteiger partial charge in [0.25, 0.3) is 0 Å². The predicted molar refractivity (Wildman–Crippen MR) is 115 cm³/mol. The highest BCUT2D eigenvalue weighted by Crippen LogP contribution is 2.52. The summed E-state index contributed by atoms with van der Waals surface area (Å²) in [4.78, 5) is 0. The number of benzene rings is 3. The van der Waals surface area contributed by atoms with Gasteiger partial charge in [0.1, 0.15) is 0 Å². The van der Waals surface area contributed by atoms with Gasteiger partial charge in [-0.3, -0.25) is 0 Å². The van der Waals surface area contributed by atoms with Crippen LogP contribution in [0, 0.1) is 0 Å². The van der Waals surface area contributed by atoms with Gasteiger partial charge in [0.2, 0.25) is 0 Å². The van der Waals surface area contributed by atoms with Crippen molar-refractivity contribution in [3.8, 4) is 0 Å². The topological polar surface area (TPSA) is 26.0 Å². The van der Waals surface area contributed by atoms with Gasteiger partial charge in [-0.15, -0.1) is 11.8 Å². The summed E-state index contributed by atoms with van der Waals surface area (Å²) in [5.41, 5.74) is 10.2. The van der Waals surface area contributed by atoms with E-state index in [1.165, 1.54) is 12.1 Å². The first-order chi connectivity index (χ1) is 14.0. The van der Waals surface area contributed by atoms with E-state index in [0.29, 0.717) is 12.3 Å². The van der Waals surface area contributed by atoms with Crippen LogP contribution in [0.15, 0.2) is 72.8 Å². The summed E-state index contributed by atoms with van der Waals surface area (Å²) in [7, 11) is 0. The monoisotopic (exact) mass is 411 g/mol. The lowest BCUT2D eigenvalue weighted by atomic mass is 9.81. The van der Waals surface area contributed by atoms with Crippen molar-refractivity contribution in [2.24, 2.45) is 5.73 Å². The van der Waals surface area contributed by atoms with E-state index in [4.69, 9.17) is 5.73 Å². The Labute approximate surface area is 172 Å². The molecule has 29 heavy (non-hydrogen) atoms. The standard InChI is InChI=1S/C24H20F3NS/c25-24(26,27)20-13-11-19(12-14-20)23(29-16-15-28)21-7-3-1-5-17(21)9-10-18-6-2-4-8-22(18)23/h1-14H,15-16,28H2. The third kappa shape index (κ3) is 3.49. The maximum atomic E-state index is 13.2. The predicted octanol–water partition coefficient (Wildman–Crippen LogP) is 6.17. The van der Waals surface area contributed by atoms with Crippen LogP contribution in [0.5, 0.6) is 0 Å². The van der Waals surface area contributed by atoms with Crippen LogP contribution in [-0.2, 0) is 10.9 Å². The first-order valence-corrected chi connectivity index (χ1v) is 10.3. The second kappa shape index (κ2) is 7.73. The molecule has 0 unspecified atom stereocenters. The van der Waals surface area contributed by atoms with Crippen molar-refractivity contribution < 1.29 is 13.2 Å². The molecule has 0 atom stereocenters.